The van der Waals surface area contributed by atoms with E-state index in [4.69, 9.17) is 0 Å². The van der Waals surface area contributed by atoms with Crippen LogP contribution in [-0.4, -0.2) is 66.4 Å². The van der Waals surface area contributed by atoms with Gasteiger partial charge in [-0.05, 0) is 59.1 Å². The summed E-state index contributed by atoms with van der Waals surface area (Å²) >= 11 is 0. The summed E-state index contributed by atoms with van der Waals surface area (Å²) in [5.41, 5.74) is 3.24. The zero-order valence-electron chi connectivity index (χ0n) is 29.6. The first kappa shape index (κ1) is 36.5. The Bertz CT molecular complexity index is 1410. The van der Waals surface area contributed by atoms with Gasteiger partial charge in [-0.3, -0.25) is 4.79 Å². The molecule has 1 aliphatic rings. The lowest BCUT2D eigenvalue weighted by Gasteiger charge is -2.47. The molecule has 0 bridgehead atoms. The number of amides is 5. The van der Waals surface area contributed by atoms with E-state index in [0.717, 1.165) is 36.0 Å². The summed E-state index contributed by atoms with van der Waals surface area (Å²) in [6.07, 6.45) is 4.03. The minimum Gasteiger partial charge on any atom is -0.337 e. The lowest BCUT2D eigenvalue weighted by Crippen LogP contribution is -2.47. The second-order valence-corrected chi connectivity index (χ2v) is 14.9. The summed E-state index contributed by atoms with van der Waals surface area (Å²) in [6.45, 7) is 10.1. The largest absolute Gasteiger partial charge is 0.337 e. The molecule has 1 aliphatic carbocycles. The van der Waals surface area contributed by atoms with Crippen molar-refractivity contribution >= 4 is 18.0 Å². The molecule has 0 radical (unpaired) electrons. The third-order valence-electron chi connectivity index (χ3n) is 9.41. The van der Waals surface area contributed by atoms with E-state index in [9.17, 15) is 14.4 Å². The number of hydrogen-bond acceptors (Lipinski definition) is 3. The van der Waals surface area contributed by atoms with Crippen molar-refractivity contribution in [2.75, 3.05) is 33.7 Å². The van der Waals surface area contributed by atoms with Gasteiger partial charge in [0.1, 0.15) is 0 Å². The van der Waals surface area contributed by atoms with Crippen LogP contribution in [0.15, 0.2) is 91.0 Å². The monoisotopic (exact) mass is 653 g/mol. The molecule has 0 saturated heterocycles. The van der Waals surface area contributed by atoms with Crippen molar-refractivity contribution in [3.8, 4) is 0 Å². The number of carbonyl (C=O) groups is 3. The third-order valence-corrected chi connectivity index (χ3v) is 9.41. The molecule has 0 heterocycles. The van der Waals surface area contributed by atoms with Gasteiger partial charge in [0, 0.05) is 59.8 Å². The number of nitrogens with one attached hydrogen (secondary N) is 2. The highest BCUT2D eigenvalue weighted by molar-refractivity contribution is 5.76. The highest BCUT2D eigenvalue weighted by atomic mass is 16.2. The van der Waals surface area contributed by atoms with E-state index in [1.165, 1.54) is 0 Å². The van der Waals surface area contributed by atoms with Crippen LogP contribution in [0.4, 0.5) is 9.59 Å². The fraction of sp³-hybridized carbons (Fsp3) is 0.475. The summed E-state index contributed by atoms with van der Waals surface area (Å²) < 4.78 is 0. The average molecular weight is 654 g/mol. The Morgan fingerprint density at radius 3 is 1.69 bits per heavy atom. The topological polar surface area (TPSA) is 85.0 Å². The first-order valence-electron chi connectivity index (χ1n) is 17.3. The number of benzene rings is 3. The molecule has 2 unspecified atom stereocenters. The molecule has 0 spiro atoms. The van der Waals surface area contributed by atoms with Crippen molar-refractivity contribution in [3.05, 3.63) is 108 Å². The van der Waals surface area contributed by atoms with Crippen LogP contribution in [0.3, 0.4) is 0 Å². The van der Waals surface area contributed by atoms with E-state index in [2.05, 4.69) is 55.7 Å². The Balaban J connectivity index is 1.26. The smallest absolute Gasteiger partial charge is 0.317 e. The molecule has 2 atom stereocenters. The summed E-state index contributed by atoms with van der Waals surface area (Å²) in [5.74, 6) is 0.411. The van der Waals surface area contributed by atoms with Gasteiger partial charge in [0.05, 0.1) is 0 Å². The van der Waals surface area contributed by atoms with Crippen LogP contribution in [0, 0.1) is 16.7 Å². The van der Waals surface area contributed by atoms with E-state index in [-0.39, 0.29) is 34.7 Å². The van der Waals surface area contributed by atoms with Gasteiger partial charge < -0.3 is 25.3 Å². The molecule has 258 valence electrons. The second-order valence-electron chi connectivity index (χ2n) is 14.9. The van der Waals surface area contributed by atoms with Gasteiger partial charge in [0.2, 0.25) is 5.91 Å². The minimum atomic E-state index is -0.130. The fourth-order valence-corrected chi connectivity index (χ4v) is 7.43. The lowest BCUT2D eigenvalue weighted by atomic mass is 9.60. The molecule has 2 N–H and O–H groups in total. The van der Waals surface area contributed by atoms with Crippen LogP contribution in [0.2, 0.25) is 0 Å². The van der Waals surface area contributed by atoms with Crippen LogP contribution in [0.1, 0.15) is 69.6 Å². The molecular formula is C40H55N5O3. The van der Waals surface area contributed by atoms with Gasteiger partial charge in [-0.1, -0.05) is 112 Å². The van der Waals surface area contributed by atoms with Crippen molar-refractivity contribution < 1.29 is 14.4 Å². The van der Waals surface area contributed by atoms with E-state index in [1.54, 1.807) is 23.9 Å². The van der Waals surface area contributed by atoms with Crippen LogP contribution in [0.25, 0.3) is 0 Å². The van der Waals surface area contributed by atoms with Crippen LogP contribution >= 0.6 is 0 Å². The quantitative estimate of drug-likeness (QED) is 0.191. The predicted octanol–water partition coefficient (Wildman–Crippen LogP) is 7.31. The normalized spacial score (nSPS) is 18.4. The molecule has 8 nitrogen and oxygen atoms in total. The Morgan fingerprint density at radius 2 is 1.17 bits per heavy atom. The van der Waals surface area contributed by atoms with Crippen LogP contribution in [0.5, 0.6) is 0 Å². The average Bonchev–Trinajstić information content (AvgIpc) is 3.06. The van der Waals surface area contributed by atoms with E-state index in [0.29, 0.717) is 52.1 Å². The maximum absolute atomic E-state index is 13.9. The molecule has 1 saturated carbocycles. The molecule has 8 heteroatoms. The number of rotatable bonds is 14. The summed E-state index contributed by atoms with van der Waals surface area (Å²) in [4.78, 5) is 44.8. The third kappa shape index (κ3) is 11.7. The predicted molar refractivity (Wildman–Crippen MR) is 193 cm³/mol. The van der Waals surface area contributed by atoms with E-state index in [1.807, 2.05) is 71.6 Å². The molecule has 1 fully saturated rings. The SMILES string of the molecule is CN(CCCN(C)C(=O)NCC1(C)CC(CC(=O)N(Cc2ccccc2)Cc2ccccc2)CC(C)(C)C1)C(=O)NCc1ccccc1. The van der Waals surface area contributed by atoms with Crippen LogP contribution < -0.4 is 10.6 Å². The molecule has 4 rings (SSSR count). The first-order valence-corrected chi connectivity index (χ1v) is 17.3. The zero-order chi connectivity index (χ0) is 34.6. The lowest BCUT2D eigenvalue weighted by molar-refractivity contribution is -0.134. The Labute approximate surface area is 287 Å². The highest BCUT2D eigenvalue weighted by Gasteiger charge is 2.42. The minimum absolute atomic E-state index is 0.0595. The summed E-state index contributed by atoms with van der Waals surface area (Å²) in [7, 11) is 3.57. The van der Waals surface area contributed by atoms with Crippen molar-refractivity contribution in [3.63, 3.8) is 0 Å². The van der Waals surface area contributed by atoms with Gasteiger partial charge in [-0.15, -0.1) is 0 Å². The molecular weight excluding hydrogens is 598 g/mol. The van der Waals surface area contributed by atoms with Crippen molar-refractivity contribution in [2.45, 2.75) is 72.5 Å². The van der Waals surface area contributed by atoms with Crippen molar-refractivity contribution in [1.82, 2.24) is 25.3 Å². The number of urea groups is 2. The maximum atomic E-state index is 13.9. The van der Waals surface area contributed by atoms with Gasteiger partial charge >= 0.3 is 12.1 Å². The van der Waals surface area contributed by atoms with E-state index >= 15 is 0 Å². The molecule has 0 aromatic heterocycles. The molecule has 3 aromatic carbocycles. The molecule has 48 heavy (non-hydrogen) atoms. The summed E-state index contributed by atoms with van der Waals surface area (Å²) in [6, 6.07) is 30.0. The van der Waals surface area contributed by atoms with Crippen LogP contribution in [-0.2, 0) is 24.4 Å². The fourth-order valence-electron chi connectivity index (χ4n) is 7.43. The summed E-state index contributed by atoms with van der Waals surface area (Å²) in [5, 5.41) is 6.13. The number of carbonyl (C=O) groups excluding carboxylic acids is 3. The Kier molecular flexibility index (Phi) is 13.1. The number of nitrogens with zero attached hydrogens (tertiary/aromatic N) is 3. The van der Waals surface area contributed by atoms with Gasteiger partial charge in [0.15, 0.2) is 0 Å². The maximum Gasteiger partial charge on any atom is 0.317 e. The standard InChI is InChI=1S/C40H55N5O3/c1-39(2)25-35(24-36(46)45(28-33-18-11-7-12-19-33)29-34-20-13-8-14-21-34)26-40(3,30-39)31-42-38(48)44(5)23-15-22-43(4)37(47)41-27-32-16-9-6-10-17-32/h6-14,16-21,35H,15,22-31H2,1-5H3,(H,41,47)(H,42,48). The second kappa shape index (κ2) is 17.2. The Hall–Kier alpha value is -4.33. The van der Waals surface area contributed by atoms with Crippen molar-refractivity contribution in [2.24, 2.45) is 16.7 Å². The van der Waals surface area contributed by atoms with Crippen molar-refractivity contribution in [1.29, 1.82) is 0 Å². The van der Waals surface area contributed by atoms with Gasteiger partial charge in [-0.2, -0.15) is 0 Å². The van der Waals surface area contributed by atoms with Gasteiger partial charge in [-0.25, -0.2) is 9.59 Å². The molecule has 0 aliphatic heterocycles. The molecule has 5 amide bonds. The Morgan fingerprint density at radius 1 is 0.688 bits per heavy atom. The zero-order valence-corrected chi connectivity index (χ0v) is 29.6. The first-order chi connectivity index (χ1) is 22.9. The van der Waals surface area contributed by atoms with Gasteiger partial charge in [0.25, 0.3) is 0 Å². The van der Waals surface area contributed by atoms with E-state index < -0.39 is 0 Å². The number of hydrogen-bond donors (Lipinski definition) is 2. The molecule has 3 aromatic rings. The highest BCUT2D eigenvalue weighted by Crippen LogP contribution is 2.49.